The van der Waals surface area contributed by atoms with Gasteiger partial charge in [-0.05, 0) is 43.4 Å². The fraction of sp³-hybridized carbons (Fsp3) is 0.600. The van der Waals surface area contributed by atoms with Crippen molar-refractivity contribution in [1.29, 1.82) is 0 Å². The number of anilines is 1. The summed E-state index contributed by atoms with van der Waals surface area (Å²) in [6, 6.07) is 6.87. The normalized spacial score (nSPS) is 15.4. The molecule has 1 aliphatic heterocycles. The zero-order valence-electron chi connectivity index (χ0n) is 18.7. The standard InChI is InChI=1S/C25H37N3O2/c1-3-5-6-7-8-9-10-21-11-12-24-23(17-21)22(13-15-27-16-14-26-20-27)18-28(24)19-25(29)30-4-2/h11-12,14,16-17,20,22H,3-10,13,15,18-19H2,1-2H3. The summed E-state index contributed by atoms with van der Waals surface area (Å²) in [7, 11) is 0. The Balaban J connectivity index is 1.64. The number of aryl methyl sites for hydroxylation is 2. The van der Waals surface area contributed by atoms with Gasteiger partial charge in [0.15, 0.2) is 0 Å². The number of carbonyl (C=O) groups excluding carboxylic acids is 1. The van der Waals surface area contributed by atoms with Gasteiger partial charge >= 0.3 is 5.97 Å². The van der Waals surface area contributed by atoms with Crippen molar-refractivity contribution in [2.24, 2.45) is 0 Å². The van der Waals surface area contributed by atoms with Crippen molar-refractivity contribution in [2.75, 3.05) is 24.6 Å². The molecule has 0 amide bonds. The van der Waals surface area contributed by atoms with Crippen LogP contribution in [0.3, 0.4) is 0 Å². The monoisotopic (exact) mass is 411 g/mol. The molecular weight excluding hydrogens is 374 g/mol. The number of nitrogens with zero attached hydrogens (tertiary/aromatic N) is 3. The van der Waals surface area contributed by atoms with Crippen molar-refractivity contribution in [2.45, 2.75) is 77.7 Å². The van der Waals surface area contributed by atoms with Gasteiger partial charge in [0, 0.05) is 37.1 Å². The Kier molecular flexibility index (Phi) is 8.79. The van der Waals surface area contributed by atoms with Crippen LogP contribution < -0.4 is 4.90 Å². The van der Waals surface area contributed by atoms with Crippen LogP contribution in [0.15, 0.2) is 36.9 Å². The minimum atomic E-state index is -0.144. The summed E-state index contributed by atoms with van der Waals surface area (Å²) in [6.07, 6.45) is 15.8. The van der Waals surface area contributed by atoms with Gasteiger partial charge in [-0.15, -0.1) is 0 Å². The topological polar surface area (TPSA) is 47.4 Å². The maximum absolute atomic E-state index is 12.1. The minimum absolute atomic E-state index is 0.144. The Labute approximate surface area is 181 Å². The number of hydrogen-bond donors (Lipinski definition) is 0. The van der Waals surface area contributed by atoms with Crippen molar-refractivity contribution in [1.82, 2.24) is 9.55 Å². The first-order chi connectivity index (χ1) is 14.7. The molecule has 0 saturated heterocycles. The predicted octanol–water partition coefficient (Wildman–Crippen LogP) is 5.34. The molecule has 1 unspecified atom stereocenters. The summed E-state index contributed by atoms with van der Waals surface area (Å²) in [5.41, 5.74) is 4.02. The molecule has 1 aromatic carbocycles. The van der Waals surface area contributed by atoms with Crippen molar-refractivity contribution >= 4 is 11.7 Å². The molecule has 1 aliphatic rings. The Morgan fingerprint density at radius 2 is 2.00 bits per heavy atom. The number of esters is 1. The largest absolute Gasteiger partial charge is 0.465 e. The van der Waals surface area contributed by atoms with Crippen LogP contribution in [0, 0.1) is 0 Å². The quantitative estimate of drug-likeness (QED) is 0.330. The minimum Gasteiger partial charge on any atom is -0.465 e. The van der Waals surface area contributed by atoms with E-state index in [-0.39, 0.29) is 5.97 Å². The van der Waals surface area contributed by atoms with Gasteiger partial charge in [-0.25, -0.2) is 4.98 Å². The maximum atomic E-state index is 12.1. The molecule has 0 saturated carbocycles. The fourth-order valence-electron chi connectivity index (χ4n) is 4.43. The van der Waals surface area contributed by atoms with Crippen LogP contribution in [0.1, 0.15) is 75.8 Å². The molecule has 3 rings (SSSR count). The highest BCUT2D eigenvalue weighted by molar-refractivity contribution is 5.77. The molecule has 1 aromatic heterocycles. The van der Waals surface area contributed by atoms with E-state index in [1.165, 1.54) is 55.3 Å². The highest BCUT2D eigenvalue weighted by Crippen LogP contribution is 2.39. The van der Waals surface area contributed by atoms with Gasteiger partial charge in [0.2, 0.25) is 0 Å². The van der Waals surface area contributed by atoms with Crippen molar-refractivity contribution in [3.63, 3.8) is 0 Å². The Hall–Kier alpha value is -2.30. The Bertz CT molecular complexity index is 773. The van der Waals surface area contributed by atoms with E-state index in [2.05, 4.69) is 39.6 Å². The number of ether oxygens (including phenoxy) is 1. The first-order valence-corrected chi connectivity index (χ1v) is 11.7. The lowest BCUT2D eigenvalue weighted by atomic mass is 9.94. The summed E-state index contributed by atoms with van der Waals surface area (Å²) in [5.74, 6) is 0.288. The zero-order chi connectivity index (χ0) is 21.2. The second kappa shape index (κ2) is 11.8. The average molecular weight is 412 g/mol. The summed E-state index contributed by atoms with van der Waals surface area (Å²) in [5, 5.41) is 0. The number of carbonyl (C=O) groups is 1. The van der Waals surface area contributed by atoms with Gasteiger partial charge in [0.1, 0.15) is 6.54 Å². The third-order valence-corrected chi connectivity index (χ3v) is 6.05. The van der Waals surface area contributed by atoms with Gasteiger partial charge in [0.25, 0.3) is 0 Å². The number of rotatable bonds is 13. The van der Waals surface area contributed by atoms with Gasteiger partial charge < -0.3 is 14.2 Å². The molecule has 0 N–H and O–H groups in total. The molecule has 0 fully saturated rings. The number of imidazole rings is 1. The third-order valence-electron chi connectivity index (χ3n) is 6.05. The first-order valence-electron chi connectivity index (χ1n) is 11.7. The van der Waals surface area contributed by atoms with E-state index >= 15 is 0 Å². The van der Waals surface area contributed by atoms with Crippen molar-refractivity contribution < 1.29 is 9.53 Å². The van der Waals surface area contributed by atoms with E-state index < -0.39 is 0 Å². The lowest BCUT2D eigenvalue weighted by molar-refractivity contribution is -0.141. The van der Waals surface area contributed by atoms with E-state index in [0.717, 1.165) is 25.9 Å². The average Bonchev–Trinajstić information content (AvgIpc) is 3.37. The van der Waals surface area contributed by atoms with Gasteiger partial charge in [0.05, 0.1) is 12.9 Å². The summed E-state index contributed by atoms with van der Waals surface area (Å²) >= 11 is 0. The zero-order valence-corrected chi connectivity index (χ0v) is 18.7. The van der Waals surface area contributed by atoms with Crippen LogP contribution in [-0.2, 0) is 22.5 Å². The van der Waals surface area contributed by atoms with Gasteiger partial charge in [-0.2, -0.15) is 0 Å². The molecule has 0 aliphatic carbocycles. The van der Waals surface area contributed by atoms with Crippen LogP contribution >= 0.6 is 0 Å². The van der Waals surface area contributed by atoms with Gasteiger partial charge in [-0.1, -0.05) is 51.2 Å². The van der Waals surface area contributed by atoms with Gasteiger partial charge in [-0.3, -0.25) is 4.79 Å². The van der Waals surface area contributed by atoms with Crippen LogP contribution in [0.4, 0.5) is 5.69 Å². The van der Waals surface area contributed by atoms with Crippen molar-refractivity contribution in [3.8, 4) is 0 Å². The maximum Gasteiger partial charge on any atom is 0.325 e. The smallest absolute Gasteiger partial charge is 0.325 e. The first kappa shape index (κ1) is 22.4. The van der Waals surface area contributed by atoms with E-state index in [9.17, 15) is 4.79 Å². The van der Waals surface area contributed by atoms with Crippen molar-refractivity contribution in [3.05, 3.63) is 48.0 Å². The van der Waals surface area contributed by atoms with Crippen LogP contribution in [0.5, 0.6) is 0 Å². The fourth-order valence-corrected chi connectivity index (χ4v) is 4.43. The summed E-state index contributed by atoms with van der Waals surface area (Å²) in [6.45, 7) is 6.71. The molecule has 0 spiro atoms. The van der Waals surface area contributed by atoms with Crippen LogP contribution in [-0.4, -0.2) is 35.2 Å². The van der Waals surface area contributed by atoms with E-state index in [1.807, 2.05) is 25.6 Å². The lowest BCUT2D eigenvalue weighted by Crippen LogP contribution is -2.30. The molecule has 1 atom stereocenters. The molecule has 30 heavy (non-hydrogen) atoms. The highest BCUT2D eigenvalue weighted by atomic mass is 16.5. The SMILES string of the molecule is CCCCCCCCc1ccc2c(c1)C(CCn1ccnc1)CN2CC(=O)OCC. The number of unbranched alkanes of at least 4 members (excludes halogenated alkanes) is 5. The predicted molar refractivity (Wildman–Crippen MR) is 122 cm³/mol. The van der Waals surface area contributed by atoms with Crippen LogP contribution in [0.2, 0.25) is 0 Å². The number of benzene rings is 1. The van der Waals surface area contributed by atoms with E-state index in [4.69, 9.17) is 4.74 Å². The highest BCUT2D eigenvalue weighted by Gasteiger charge is 2.30. The molecule has 0 radical (unpaired) electrons. The van der Waals surface area contributed by atoms with E-state index in [1.54, 1.807) is 0 Å². The summed E-state index contributed by atoms with van der Waals surface area (Å²) < 4.78 is 7.33. The second-order valence-electron chi connectivity index (χ2n) is 8.38. The molecule has 2 heterocycles. The number of fused-ring (bicyclic) bond motifs is 1. The molecule has 2 aromatic rings. The number of hydrogen-bond acceptors (Lipinski definition) is 4. The third kappa shape index (κ3) is 6.35. The molecular formula is C25H37N3O2. The summed E-state index contributed by atoms with van der Waals surface area (Å²) in [4.78, 5) is 18.4. The Morgan fingerprint density at radius 3 is 2.77 bits per heavy atom. The molecule has 164 valence electrons. The number of aromatic nitrogens is 2. The molecule has 5 nitrogen and oxygen atoms in total. The lowest BCUT2D eigenvalue weighted by Gasteiger charge is -2.19. The second-order valence-corrected chi connectivity index (χ2v) is 8.38. The van der Waals surface area contributed by atoms with E-state index in [0.29, 0.717) is 19.1 Å². The Morgan fingerprint density at radius 1 is 1.17 bits per heavy atom. The molecule has 5 heteroatoms. The molecule has 0 bridgehead atoms. The van der Waals surface area contributed by atoms with Crippen LogP contribution in [0.25, 0.3) is 0 Å².